The van der Waals surface area contributed by atoms with E-state index in [1.807, 2.05) is 31.0 Å². The van der Waals surface area contributed by atoms with Crippen LogP contribution in [-0.2, 0) is 0 Å². The number of hydrogen-bond acceptors (Lipinski definition) is 5. The van der Waals surface area contributed by atoms with Crippen molar-refractivity contribution in [2.24, 2.45) is 5.92 Å². The topological polar surface area (TPSA) is 58.4 Å². The van der Waals surface area contributed by atoms with Crippen molar-refractivity contribution in [3.63, 3.8) is 0 Å². The van der Waals surface area contributed by atoms with E-state index in [4.69, 9.17) is 4.42 Å². The van der Waals surface area contributed by atoms with Crippen molar-refractivity contribution in [2.45, 2.75) is 19.8 Å². The first-order chi connectivity index (χ1) is 10.7. The van der Waals surface area contributed by atoms with E-state index in [-0.39, 0.29) is 5.91 Å². The number of aromatic nitrogens is 1. The summed E-state index contributed by atoms with van der Waals surface area (Å²) < 4.78 is 5.38. The summed E-state index contributed by atoms with van der Waals surface area (Å²) in [4.78, 5) is 20.2. The summed E-state index contributed by atoms with van der Waals surface area (Å²) in [5.41, 5.74) is 0.571. The van der Waals surface area contributed by atoms with E-state index in [9.17, 15) is 4.79 Å². The van der Waals surface area contributed by atoms with Gasteiger partial charge in [0.25, 0.3) is 5.91 Å². The number of carbonyl (C=O) groups is 1. The summed E-state index contributed by atoms with van der Waals surface area (Å²) in [6, 6.07) is 3.71. The second kappa shape index (κ2) is 6.62. The van der Waals surface area contributed by atoms with Crippen LogP contribution in [0, 0.1) is 12.8 Å². The molecule has 1 saturated heterocycles. The zero-order valence-corrected chi connectivity index (χ0v) is 13.8. The van der Waals surface area contributed by atoms with Crippen LogP contribution in [0.2, 0.25) is 0 Å². The van der Waals surface area contributed by atoms with Gasteiger partial charge < -0.3 is 14.6 Å². The Morgan fingerprint density at radius 1 is 1.59 bits per heavy atom. The van der Waals surface area contributed by atoms with E-state index in [2.05, 4.69) is 10.3 Å². The van der Waals surface area contributed by atoms with Gasteiger partial charge in [0.1, 0.15) is 5.69 Å². The highest BCUT2D eigenvalue weighted by atomic mass is 32.1. The van der Waals surface area contributed by atoms with Gasteiger partial charge in [-0.1, -0.05) is 0 Å². The first-order valence-electron chi connectivity index (χ1n) is 7.64. The fraction of sp³-hybridized carbons (Fsp3) is 0.500. The molecular formula is C16H21N3O2S. The van der Waals surface area contributed by atoms with Gasteiger partial charge in [-0.05, 0) is 51.4 Å². The average Bonchev–Trinajstić information content (AvgIpc) is 3.16. The van der Waals surface area contributed by atoms with Crippen LogP contribution in [0.4, 0.5) is 0 Å². The van der Waals surface area contributed by atoms with E-state index in [1.54, 1.807) is 6.26 Å². The number of piperidine rings is 1. The maximum absolute atomic E-state index is 12.8. The van der Waals surface area contributed by atoms with Gasteiger partial charge in [-0.2, -0.15) is 0 Å². The highest BCUT2D eigenvalue weighted by molar-refractivity contribution is 7.15. The van der Waals surface area contributed by atoms with Crippen LogP contribution in [0.25, 0.3) is 10.8 Å². The molecule has 2 aromatic rings. The van der Waals surface area contributed by atoms with Gasteiger partial charge >= 0.3 is 0 Å². The minimum atomic E-state index is 0.0485. The molecule has 0 spiro atoms. The molecule has 3 heterocycles. The van der Waals surface area contributed by atoms with Gasteiger partial charge in [-0.25, -0.2) is 4.98 Å². The highest BCUT2D eigenvalue weighted by Gasteiger charge is 2.27. The second-order valence-electron chi connectivity index (χ2n) is 5.72. The Labute approximate surface area is 134 Å². The monoisotopic (exact) mass is 319 g/mol. The molecular weight excluding hydrogens is 298 g/mol. The van der Waals surface area contributed by atoms with Crippen LogP contribution in [-0.4, -0.2) is 42.5 Å². The summed E-state index contributed by atoms with van der Waals surface area (Å²) >= 11 is 1.51. The highest BCUT2D eigenvalue weighted by Crippen LogP contribution is 2.29. The molecule has 2 aromatic heterocycles. The van der Waals surface area contributed by atoms with Crippen LogP contribution in [0.5, 0.6) is 0 Å². The normalized spacial score (nSPS) is 18.6. The number of nitrogens with zero attached hydrogens (tertiary/aromatic N) is 2. The second-order valence-corrected chi connectivity index (χ2v) is 6.92. The quantitative estimate of drug-likeness (QED) is 0.941. The van der Waals surface area contributed by atoms with Crippen molar-refractivity contribution < 1.29 is 9.21 Å². The molecule has 1 aliphatic rings. The Morgan fingerprint density at radius 3 is 3.18 bits per heavy atom. The van der Waals surface area contributed by atoms with Gasteiger partial charge in [0, 0.05) is 18.0 Å². The van der Waals surface area contributed by atoms with Crippen LogP contribution in [0.15, 0.2) is 22.8 Å². The molecule has 6 heteroatoms. The minimum Gasteiger partial charge on any atom is -0.462 e. The molecule has 0 aliphatic carbocycles. The Balaban J connectivity index is 1.77. The van der Waals surface area contributed by atoms with Crippen LogP contribution < -0.4 is 5.32 Å². The fourth-order valence-corrected chi connectivity index (χ4v) is 3.83. The number of amides is 1. The Kier molecular flexibility index (Phi) is 4.59. The van der Waals surface area contributed by atoms with Gasteiger partial charge in [0.05, 0.1) is 6.26 Å². The van der Waals surface area contributed by atoms with Crippen molar-refractivity contribution in [3.05, 3.63) is 29.0 Å². The third-order valence-corrected chi connectivity index (χ3v) is 5.02. The molecule has 0 radical (unpaired) electrons. The van der Waals surface area contributed by atoms with E-state index in [1.165, 1.54) is 17.8 Å². The van der Waals surface area contributed by atoms with E-state index in [0.29, 0.717) is 11.6 Å². The Bertz CT molecular complexity index is 634. The zero-order valence-electron chi connectivity index (χ0n) is 13.0. The van der Waals surface area contributed by atoms with Crippen LogP contribution in [0.1, 0.15) is 28.2 Å². The molecule has 1 aliphatic heterocycles. The summed E-state index contributed by atoms with van der Waals surface area (Å²) in [6.45, 7) is 4.54. The first kappa shape index (κ1) is 15.2. The van der Waals surface area contributed by atoms with Crippen molar-refractivity contribution >= 4 is 17.2 Å². The SMILES string of the molecule is CNCC1CCCN(C(=O)c2nc(-c3ccco3)sc2C)C1. The largest absolute Gasteiger partial charge is 0.462 e. The van der Waals surface area contributed by atoms with Gasteiger partial charge in [-0.3, -0.25) is 4.79 Å². The molecule has 0 bridgehead atoms. The lowest BCUT2D eigenvalue weighted by molar-refractivity contribution is 0.0668. The van der Waals surface area contributed by atoms with Gasteiger partial charge in [0.15, 0.2) is 10.8 Å². The molecule has 1 N–H and O–H groups in total. The predicted molar refractivity (Wildman–Crippen MR) is 87.1 cm³/mol. The Hall–Kier alpha value is -1.66. The van der Waals surface area contributed by atoms with Gasteiger partial charge in [0.2, 0.25) is 0 Å². The number of furan rings is 1. The molecule has 1 amide bonds. The fourth-order valence-electron chi connectivity index (χ4n) is 2.96. The summed E-state index contributed by atoms with van der Waals surface area (Å²) in [5, 5.41) is 3.98. The Morgan fingerprint density at radius 2 is 2.45 bits per heavy atom. The number of rotatable bonds is 4. The average molecular weight is 319 g/mol. The number of carbonyl (C=O) groups excluding carboxylic acids is 1. The van der Waals surface area contributed by atoms with Crippen molar-refractivity contribution in [1.29, 1.82) is 0 Å². The van der Waals surface area contributed by atoms with Crippen molar-refractivity contribution in [2.75, 3.05) is 26.7 Å². The predicted octanol–water partition coefficient (Wildman–Crippen LogP) is 2.78. The number of hydrogen-bond donors (Lipinski definition) is 1. The molecule has 22 heavy (non-hydrogen) atoms. The van der Waals surface area contributed by atoms with Gasteiger partial charge in [-0.15, -0.1) is 11.3 Å². The van der Waals surface area contributed by atoms with Crippen LogP contribution in [0.3, 0.4) is 0 Å². The number of likely N-dealkylation sites (tertiary alicyclic amines) is 1. The van der Waals surface area contributed by atoms with Crippen LogP contribution >= 0.6 is 11.3 Å². The molecule has 1 fully saturated rings. The maximum Gasteiger partial charge on any atom is 0.273 e. The lowest BCUT2D eigenvalue weighted by Crippen LogP contribution is -2.42. The van der Waals surface area contributed by atoms with Crippen molar-refractivity contribution in [3.8, 4) is 10.8 Å². The standard InChI is InChI=1S/C16H21N3O2S/c1-11-14(18-15(22-11)13-6-4-8-21-13)16(20)19-7-3-5-12(10-19)9-17-2/h4,6,8,12,17H,3,5,7,9-10H2,1-2H3. The third-order valence-electron chi connectivity index (χ3n) is 4.03. The minimum absolute atomic E-state index is 0.0485. The van der Waals surface area contributed by atoms with Crippen molar-refractivity contribution in [1.82, 2.24) is 15.2 Å². The molecule has 0 saturated carbocycles. The van der Waals surface area contributed by atoms with E-state index in [0.717, 1.165) is 41.7 Å². The lowest BCUT2D eigenvalue weighted by atomic mass is 9.98. The number of thiazole rings is 1. The molecule has 0 aromatic carbocycles. The number of nitrogens with one attached hydrogen (secondary N) is 1. The maximum atomic E-state index is 12.8. The molecule has 1 atom stereocenters. The number of aryl methyl sites for hydroxylation is 1. The molecule has 3 rings (SSSR count). The lowest BCUT2D eigenvalue weighted by Gasteiger charge is -2.32. The smallest absolute Gasteiger partial charge is 0.273 e. The molecule has 1 unspecified atom stereocenters. The van der Waals surface area contributed by atoms with E-state index < -0.39 is 0 Å². The first-order valence-corrected chi connectivity index (χ1v) is 8.46. The zero-order chi connectivity index (χ0) is 15.5. The summed E-state index contributed by atoms with van der Waals surface area (Å²) in [7, 11) is 1.96. The molecule has 118 valence electrons. The third kappa shape index (κ3) is 3.08. The summed E-state index contributed by atoms with van der Waals surface area (Å²) in [5.74, 6) is 1.30. The summed E-state index contributed by atoms with van der Waals surface area (Å²) in [6.07, 6.45) is 3.87. The van der Waals surface area contributed by atoms with E-state index >= 15 is 0 Å². The molecule has 5 nitrogen and oxygen atoms in total.